The van der Waals surface area contributed by atoms with Gasteiger partial charge in [-0.05, 0) is 32.4 Å². The number of carbonyl (C=O) groups is 1. The molecule has 0 unspecified atom stereocenters. The van der Waals surface area contributed by atoms with E-state index in [1.54, 1.807) is 9.58 Å². The molecule has 0 aliphatic carbocycles. The van der Waals surface area contributed by atoms with Crippen molar-refractivity contribution in [3.05, 3.63) is 35.9 Å². The molecule has 1 aromatic carbocycles. The van der Waals surface area contributed by atoms with E-state index in [1.807, 2.05) is 38.1 Å². The van der Waals surface area contributed by atoms with Gasteiger partial charge < -0.3 is 15.3 Å². The number of nitrogens with zero attached hydrogens (tertiary/aromatic N) is 4. The number of β-amino-alcohol motifs (C(OH)–C–C–N with tert-alkyl or cyclic N) is 1. The van der Waals surface area contributed by atoms with Gasteiger partial charge >= 0.3 is 6.03 Å². The first-order valence-electron chi connectivity index (χ1n) is 7.28. The first-order chi connectivity index (χ1) is 10.5. The molecule has 1 saturated heterocycles. The van der Waals surface area contributed by atoms with Crippen LogP contribution in [0.15, 0.2) is 24.3 Å². The zero-order valence-electron chi connectivity index (χ0n) is 12.7. The quantitative estimate of drug-likeness (QED) is 0.880. The van der Waals surface area contributed by atoms with E-state index in [-0.39, 0.29) is 6.03 Å². The average Bonchev–Trinajstić information content (AvgIpc) is 3.05. The summed E-state index contributed by atoms with van der Waals surface area (Å²) in [4.78, 5) is 18.2. The number of hydrogen-bond acceptors (Lipinski definition) is 4. The summed E-state index contributed by atoms with van der Waals surface area (Å²) < 4.78 is 1.71. The minimum Gasteiger partial charge on any atom is -0.391 e. The number of para-hydroxylation sites is 2. The van der Waals surface area contributed by atoms with Gasteiger partial charge in [0.25, 0.3) is 0 Å². The summed E-state index contributed by atoms with van der Waals surface area (Å²) in [6.45, 7) is 4.64. The predicted octanol–water partition coefficient (Wildman–Crippen LogP) is 1.48. The van der Waals surface area contributed by atoms with E-state index < -0.39 is 6.10 Å². The molecule has 2 amide bonds. The largest absolute Gasteiger partial charge is 0.391 e. The molecule has 2 heterocycles. The Morgan fingerprint density at radius 1 is 1.36 bits per heavy atom. The van der Waals surface area contributed by atoms with Crippen LogP contribution in [0.5, 0.6) is 0 Å². The summed E-state index contributed by atoms with van der Waals surface area (Å²) in [6, 6.07) is 7.25. The number of aliphatic hydroxyl groups is 1. The number of carbonyl (C=O) groups excluding carboxylic acids is 1. The second-order valence-corrected chi connectivity index (χ2v) is 5.45. The molecule has 116 valence electrons. The maximum Gasteiger partial charge on any atom is 0.321 e. The van der Waals surface area contributed by atoms with Crippen LogP contribution in [0.3, 0.4) is 0 Å². The molecule has 22 heavy (non-hydrogen) atoms. The Hall–Kier alpha value is -2.41. The maximum atomic E-state index is 12.3. The van der Waals surface area contributed by atoms with Crippen molar-refractivity contribution >= 4 is 11.7 Å². The molecular formula is C15H19N5O2. The molecule has 7 heteroatoms. The topological polar surface area (TPSA) is 83.3 Å². The Labute approximate surface area is 128 Å². The number of aliphatic hydroxyl groups excluding tert-OH is 1. The summed E-state index contributed by atoms with van der Waals surface area (Å²) in [5, 5.41) is 16.8. The standard InChI is InChI=1S/C15H19N5O2/c1-10-16-11(2)20(18-10)14-6-4-3-5-13(14)17-15(22)19-8-7-12(21)9-19/h3-6,12,21H,7-9H2,1-2H3,(H,17,22)/t12-/m0/s1. The first-order valence-corrected chi connectivity index (χ1v) is 7.28. The number of hydrogen-bond donors (Lipinski definition) is 2. The van der Waals surface area contributed by atoms with Gasteiger partial charge in [0.1, 0.15) is 11.6 Å². The van der Waals surface area contributed by atoms with Crippen molar-refractivity contribution in [2.45, 2.75) is 26.4 Å². The van der Waals surface area contributed by atoms with Crippen molar-refractivity contribution in [2.75, 3.05) is 18.4 Å². The Morgan fingerprint density at radius 3 is 2.77 bits per heavy atom. The molecule has 0 spiro atoms. The van der Waals surface area contributed by atoms with Gasteiger partial charge in [-0.15, -0.1) is 0 Å². The molecule has 1 fully saturated rings. The van der Waals surface area contributed by atoms with E-state index in [2.05, 4.69) is 15.4 Å². The summed E-state index contributed by atoms with van der Waals surface area (Å²) >= 11 is 0. The third-order valence-electron chi connectivity index (χ3n) is 3.70. The SMILES string of the molecule is Cc1nc(C)n(-c2ccccc2NC(=O)N2CC[C@H](O)C2)n1. The van der Waals surface area contributed by atoms with Crippen LogP contribution >= 0.6 is 0 Å². The van der Waals surface area contributed by atoms with Crippen molar-refractivity contribution in [1.82, 2.24) is 19.7 Å². The molecule has 0 bridgehead atoms. The van der Waals surface area contributed by atoms with E-state index >= 15 is 0 Å². The van der Waals surface area contributed by atoms with Crippen LogP contribution < -0.4 is 5.32 Å². The van der Waals surface area contributed by atoms with Crippen molar-refractivity contribution in [2.24, 2.45) is 0 Å². The summed E-state index contributed by atoms with van der Waals surface area (Å²) in [5.74, 6) is 1.44. The number of anilines is 1. The lowest BCUT2D eigenvalue weighted by Gasteiger charge is -2.18. The van der Waals surface area contributed by atoms with E-state index in [1.165, 1.54) is 0 Å². The number of nitrogens with one attached hydrogen (secondary N) is 1. The highest BCUT2D eigenvalue weighted by Crippen LogP contribution is 2.21. The third kappa shape index (κ3) is 2.80. The summed E-state index contributed by atoms with van der Waals surface area (Å²) in [6.07, 6.45) is 0.192. The monoisotopic (exact) mass is 301 g/mol. The molecule has 1 aliphatic heterocycles. The van der Waals surface area contributed by atoms with Crippen LogP contribution in [0.4, 0.5) is 10.5 Å². The molecule has 1 aromatic heterocycles. The smallest absolute Gasteiger partial charge is 0.321 e. The van der Waals surface area contributed by atoms with Gasteiger partial charge in [0.05, 0.1) is 17.5 Å². The highest BCUT2D eigenvalue weighted by molar-refractivity contribution is 5.91. The van der Waals surface area contributed by atoms with Crippen molar-refractivity contribution in [3.63, 3.8) is 0 Å². The molecule has 7 nitrogen and oxygen atoms in total. The second-order valence-electron chi connectivity index (χ2n) is 5.45. The number of aromatic nitrogens is 3. The van der Waals surface area contributed by atoms with Gasteiger partial charge in [0.15, 0.2) is 0 Å². The average molecular weight is 301 g/mol. The van der Waals surface area contributed by atoms with Crippen molar-refractivity contribution < 1.29 is 9.90 Å². The molecular weight excluding hydrogens is 282 g/mol. The highest BCUT2D eigenvalue weighted by Gasteiger charge is 2.25. The minimum absolute atomic E-state index is 0.210. The zero-order chi connectivity index (χ0) is 15.7. The van der Waals surface area contributed by atoms with E-state index in [9.17, 15) is 9.90 Å². The number of benzene rings is 1. The Bertz CT molecular complexity index is 697. The molecule has 2 N–H and O–H groups in total. The molecule has 2 aromatic rings. The van der Waals surface area contributed by atoms with Crippen LogP contribution in [0, 0.1) is 13.8 Å². The van der Waals surface area contributed by atoms with Crippen molar-refractivity contribution in [1.29, 1.82) is 0 Å². The molecule has 1 aliphatic rings. The van der Waals surface area contributed by atoms with E-state index in [0.717, 1.165) is 11.5 Å². The highest BCUT2D eigenvalue weighted by atomic mass is 16.3. The van der Waals surface area contributed by atoms with Gasteiger partial charge in [-0.2, -0.15) is 5.10 Å². The van der Waals surface area contributed by atoms with Gasteiger partial charge in [-0.3, -0.25) is 0 Å². The third-order valence-corrected chi connectivity index (χ3v) is 3.70. The fourth-order valence-electron chi connectivity index (χ4n) is 2.63. The summed E-state index contributed by atoms with van der Waals surface area (Å²) in [7, 11) is 0. The number of likely N-dealkylation sites (tertiary alicyclic amines) is 1. The lowest BCUT2D eigenvalue weighted by molar-refractivity contribution is 0.176. The normalized spacial score (nSPS) is 17.8. The van der Waals surface area contributed by atoms with Crippen molar-refractivity contribution in [3.8, 4) is 5.69 Å². The second kappa shape index (κ2) is 5.76. The Morgan fingerprint density at radius 2 is 2.14 bits per heavy atom. The number of urea groups is 1. The molecule has 0 saturated carbocycles. The van der Waals surface area contributed by atoms with E-state index in [4.69, 9.17) is 0 Å². The van der Waals surface area contributed by atoms with Gasteiger partial charge in [0.2, 0.25) is 0 Å². The van der Waals surface area contributed by atoms with Crippen LogP contribution in [-0.2, 0) is 0 Å². The van der Waals surface area contributed by atoms with E-state index in [0.29, 0.717) is 31.0 Å². The van der Waals surface area contributed by atoms with Crippen LogP contribution in [-0.4, -0.2) is 50.0 Å². The predicted molar refractivity (Wildman–Crippen MR) is 82.0 cm³/mol. The number of rotatable bonds is 2. The molecule has 1 atom stereocenters. The Kier molecular flexibility index (Phi) is 3.81. The van der Waals surface area contributed by atoms with Crippen LogP contribution in [0.25, 0.3) is 5.69 Å². The summed E-state index contributed by atoms with van der Waals surface area (Å²) in [5.41, 5.74) is 1.44. The van der Waals surface area contributed by atoms with Gasteiger partial charge in [-0.25, -0.2) is 14.5 Å². The molecule has 0 radical (unpaired) electrons. The minimum atomic E-state index is -0.429. The Balaban J connectivity index is 1.86. The molecule has 3 rings (SSSR count). The fourth-order valence-corrected chi connectivity index (χ4v) is 2.63. The van der Waals surface area contributed by atoms with Gasteiger partial charge in [0, 0.05) is 13.1 Å². The first kappa shape index (κ1) is 14.5. The lowest BCUT2D eigenvalue weighted by atomic mass is 10.2. The van der Waals surface area contributed by atoms with Crippen LogP contribution in [0.2, 0.25) is 0 Å². The number of amides is 2. The lowest BCUT2D eigenvalue weighted by Crippen LogP contribution is -2.33. The van der Waals surface area contributed by atoms with Crippen LogP contribution in [0.1, 0.15) is 18.1 Å². The zero-order valence-corrected chi connectivity index (χ0v) is 12.7. The maximum absolute atomic E-state index is 12.3. The number of aryl methyl sites for hydroxylation is 2. The van der Waals surface area contributed by atoms with Gasteiger partial charge in [-0.1, -0.05) is 12.1 Å². The fraction of sp³-hybridized carbons (Fsp3) is 0.400.